The number of aliphatic hydroxyl groups excluding tert-OH is 1. The van der Waals surface area contributed by atoms with Crippen LogP contribution in [0.4, 0.5) is 4.79 Å². The molecule has 1 saturated carbocycles. The molecule has 2 aliphatic rings. The van der Waals surface area contributed by atoms with Gasteiger partial charge < -0.3 is 15.3 Å². The van der Waals surface area contributed by atoms with E-state index >= 15 is 0 Å². The lowest BCUT2D eigenvalue weighted by molar-refractivity contribution is 0.188. The topological polar surface area (TPSA) is 52.6 Å². The minimum absolute atomic E-state index is 0.133. The molecule has 2 N–H and O–H groups in total. The van der Waals surface area contributed by atoms with Crippen LogP contribution in [0, 0.1) is 5.92 Å². The Morgan fingerprint density at radius 2 is 1.82 bits per heavy atom. The van der Waals surface area contributed by atoms with Gasteiger partial charge in [-0.2, -0.15) is 0 Å². The van der Waals surface area contributed by atoms with Crippen molar-refractivity contribution >= 4 is 6.03 Å². The third-order valence-electron chi connectivity index (χ3n) is 4.10. The fourth-order valence-corrected chi connectivity index (χ4v) is 2.96. The van der Waals surface area contributed by atoms with Crippen LogP contribution in [0.15, 0.2) is 0 Å². The van der Waals surface area contributed by atoms with Crippen LogP contribution in [0.2, 0.25) is 0 Å². The third-order valence-corrected chi connectivity index (χ3v) is 4.10. The zero-order chi connectivity index (χ0) is 12.1. The number of carbonyl (C=O) groups is 1. The summed E-state index contributed by atoms with van der Waals surface area (Å²) in [5.41, 5.74) is 0. The van der Waals surface area contributed by atoms with E-state index in [1.54, 1.807) is 0 Å². The summed E-state index contributed by atoms with van der Waals surface area (Å²) in [6, 6.07) is 0.492. The molecule has 0 aromatic carbocycles. The second-order valence-corrected chi connectivity index (χ2v) is 5.37. The molecule has 17 heavy (non-hydrogen) atoms. The van der Waals surface area contributed by atoms with Crippen molar-refractivity contribution in [2.24, 2.45) is 5.92 Å². The van der Waals surface area contributed by atoms with Crippen molar-refractivity contribution < 1.29 is 9.90 Å². The first kappa shape index (κ1) is 12.7. The summed E-state index contributed by atoms with van der Waals surface area (Å²) < 4.78 is 0. The minimum atomic E-state index is 0.133. The van der Waals surface area contributed by atoms with Crippen molar-refractivity contribution in [1.29, 1.82) is 0 Å². The lowest BCUT2D eigenvalue weighted by Gasteiger charge is -2.30. The number of carbonyl (C=O) groups excluding carboxylic acids is 1. The number of aliphatic hydroxyl groups is 1. The van der Waals surface area contributed by atoms with E-state index < -0.39 is 0 Å². The van der Waals surface area contributed by atoms with Gasteiger partial charge in [-0.15, -0.1) is 0 Å². The highest BCUT2D eigenvalue weighted by Gasteiger charge is 2.24. The van der Waals surface area contributed by atoms with Crippen LogP contribution < -0.4 is 5.32 Å². The number of hydrogen-bond donors (Lipinski definition) is 2. The van der Waals surface area contributed by atoms with Gasteiger partial charge in [-0.1, -0.05) is 0 Å². The molecule has 2 rings (SSSR count). The Kier molecular flexibility index (Phi) is 4.66. The van der Waals surface area contributed by atoms with Gasteiger partial charge in [0.05, 0.1) is 0 Å². The Balaban J connectivity index is 1.68. The van der Waals surface area contributed by atoms with E-state index in [1.165, 1.54) is 0 Å². The van der Waals surface area contributed by atoms with Crippen LogP contribution in [0.1, 0.15) is 44.9 Å². The number of amides is 2. The Labute approximate surface area is 103 Å². The van der Waals surface area contributed by atoms with Crippen LogP contribution in [0.25, 0.3) is 0 Å². The fourth-order valence-electron chi connectivity index (χ4n) is 2.96. The first-order valence-electron chi connectivity index (χ1n) is 6.96. The van der Waals surface area contributed by atoms with Crippen molar-refractivity contribution in [3.8, 4) is 0 Å². The highest BCUT2D eigenvalue weighted by Crippen LogP contribution is 2.26. The number of likely N-dealkylation sites (tertiary alicyclic amines) is 1. The van der Waals surface area contributed by atoms with Crippen LogP contribution in [0.5, 0.6) is 0 Å². The molecule has 4 nitrogen and oxygen atoms in total. The van der Waals surface area contributed by atoms with Gasteiger partial charge in [-0.25, -0.2) is 4.79 Å². The van der Waals surface area contributed by atoms with E-state index in [9.17, 15) is 4.79 Å². The summed E-state index contributed by atoms with van der Waals surface area (Å²) in [4.78, 5) is 13.8. The SMILES string of the molecule is O=C(NC1CCC(CCO)CC1)N1CCCC1. The lowest BCUT2D eigenvalue weighted by atomic mass is 9.84. The largest absolute Gasteiger partial charge is 0.396 e. The van der Waals surface area contributed by atoms with Crippen LogP contribution in [-0.4, -0.2) is 41.8 Å². The van der Waals surface area contributed by atoms with Gasteiger partial charge in [0.15, 0.2) is 0 Å². The van der Waals surface area contributed by atoms with E-state index in [1.807, 2.05) is 4.90 Å². The summed E-state index contributed by atoms with van der Waals surface area (Å²) in [5, 5.41) is 12.0. The molecule has 2 fully saturated rings. The molecule has 1 heterocycles. The summed E-state index contributed by atoms with van der Waals surface area (Å²) in [6.07, 6.45) is 7.66. The molecule has 1 saturated heterocycles. The van der Waals surface area contributed by atoms with Crippen LogP contribution in [-0.2, 0) is 0 Å². The maximum absolute atomic E-state index is 11.9. The monoisotopic (exact) mass is 240 g/mol. The maximum atomic E-state index is 11.9. The van der Waals surface area contributed by atoms with Gasteiger partial charge in [0.1, 0.15) is 0 Å². The maximum Gasteiger partial charge on any atom is 0.317 e. The fraction of sp³-hybridized carbons (Fsp3) is 0.923. The van der Waals surface area contributed by atoms with E-state index in [2.05, 4.69) is 5.32 Å². The first-order valence-corrected chi connectivity index (χ1v) is 6.96. The number of nitrogens with zero attached hydrogens (tertiary/aromatic N) is 1. The predicted octanol–water partition coefficient (Wildman–Crippen LogP) is 1.73. The lowest BCUT2D eigenvalue weighted by Crippen LogP contribution is -2.44. The summed E-state index contributed by atoms with van der Waals surface area (Å²) >= 11 is 0. The van der Waals surface area contributed by atoms with Gasteiger partial charge in [-0.05, 0) is 50.9 Å². The number of urea groups is 1. The summed E-state index contributed by atoms with van der Waals surface area (Å²) in [5.74, 6) is 0.667. The molecule has 0 atom stereocenters. The first-order chi connectivity index (χ1) is 8.29. The molecule has 1 aliphatic carbocycles. The van der Waals surface area contributed by atoms with E-state index in [4.69, 9.17) is 5.11 Å². The zero-order valence-electron chi connectivity index (χ0n) is 10.5. The second-order valence-electron chi connectivity index (χ2n) is 5.37. The number of nitrogens with one attached hydrogen (secondary N) is 1. The van der Waals surface area contributed by atoms with Crippen molar-refractivity contribution in [3.05, 3.63) is 0 Å². The van der Waals surface area contributed by atoms with Crippen molar-refractivity contribution in [2.45, 2.75) is 51.0 Å². The molecule has 0 aromatic rings. The van der Waals surface area contributed by atoms with Gasteiger partial charge in [0.2, 0.25) is 0 Å². The van der Waals surface area contributed by atoms with E-state index in [0.717, 1.165) is 58.0 Å². The Hall–Kier alpha value is -0.770. The number of rotatable bonds is 3. The predicted molar refractivity (Wildman–Crippen MR) is 66.8 cm³/mol. The third kappa shape index (κ3) is 3.60. The molecule has 4 heteroatoms. The molecule has 0 radical (unpaired) electrons. The van der Waals surface area contributed by atoms with Crippen molar-refractivity contribution in [2.75, 3.05) is 19.7 Å². The molecular weight excluding hydrogens is 216 g/mol. The van der Waals surface area contributed by atoms with Crippen molar-refractivity contribution in [1.82, 2.24) is 10.2 Å². The molecule has 2 amide bonds. The van der Waals surface area contributed by atoms with E-state index in [-0.39, 0.29) is 6.03 Å². The van der Waals surface area contributed by atoms with E-state index in [0.29, 0.717) is 18.6 Å². The highest BCUT2D eigenvalue weighted by atomic mass is 16.3. The quantitative estimate of drug-likeness (QED) is 0.789. The molecule has 0 spiro atoms. The van der Waals surface area contributed by atoms with Gasteiger partial charge in [-0.3, -0.25) is 0 Å². The summed E-state index contributed by atoms with van der Waals surface area (Å²) in [6.45, 7) is 2.15. The normalized spacial score (nSPS) is 29.4. The highest BCUT2D eigenvalue weighted by molar-refractivity contribution is 5.74. The Morgan fingerprint density at radius 3 is 2.41 bits per heavy atom. The smallest absolute Gasteiger partial charge is 0.317 e. The standard InChI is InChI=1S/C13H24N2O2/c16-10-7-11-3-5-12(6-4-11)14-13(17)15-8-1-2-9-15/h11-12,16H,1-10H2,(H,14,17). The molecule has 0 bridgehead atoms. The second kappa shape index (κ2) is 6.24. The molecule has 0 aromatic heterocycles. The molecular formula is C13H24N2O2. The minimum Gasteiger partial charge on any atom is -0.396 e. The van der Waals surface area contributed by atoms with Crippen LogP contribution in [0.3, 0.4) is 0 Å². The van der Waals surface area contributed by atoms with Gasteiger partial charge in [0, 0.05) is 25.7 Å². The number of hydrogen-bond acceptors (Lipinski definition) is 2. The molecule has 98 valence electrons. The van der Waals surface area contributed by atoms with Gasteiger partial charge >= 0.3 is 6.03 Å². The average Bonchev–Trinajstić information content (AvgIpc) is 2.86. The Morgan fingerprint density at radius 1 is 1.18 bits per heavy atom. The van der Waals surface area contributed by atoms with Gasteiger partial charge in [0.25, 0.3) is 0 Å². The Bertz CT molecular complexity index is 244. The summed E-state index contributed by atoms with van der Waals surface area (Å²) in [7, 11) is 0. The molecule has 0 unspecified atom stereocenters. The average molecular weight is 240 g/mol. The van der Waals surface area contributed by atoms with Crippen LogP contribution >= 0.6 is 0 Å². The zero-order valence-corrected chi connectivity index (χ0v) is 10.5. The van der Waals surface area contributed by atoms with Crippen molar-refractivity contribution in [3.63, 3.8) is 0 Å². The molecule has 1 aliphatic heterocycles.